The maximum absolute atomic E-state index is 11.0. The molecule has 0 saturated carbocycles. The first kappa shape index (κ1) is 24.1. The number of benzene rings is 1. The largest absolute Gasteiger partial charge is 0.378 e. The summed E-state index contributed by atoms with van der Waals surface area (Å²) < 4.78 is 0. The third-order valence-electron chi connectivity index (χ3n) is 3.72. The Labute approximate surface area is 186 Å². The number of rotatable bonds is 10. The van der Waals surface area contributed by atoms with Crippen LogP contribution in [0.1, 0.15) is 23.7 Å². The van der Waals surface area contributed by atoms with E-state index in [0.29, 0.717) is 25.3 Å². The molecule has 0 atom stereocenters. The normalized spacial score (nSPS) is 10.9. The molecular formula is C18H27IN6O2S. The Hall–Kier alpha value is -1.95. The second-order valence-corrected chi connectivity index (χ2v) is 6.91. The molecule has 1 heterocycles. The van der Waals surface area contributed by atoms with Crippen LogP contribution < -0.4 is 16.0 Å². The predicted molar refractivity (Wildman–Crippen MR) is 126 cm³/mol. The summed E-state index contributed by atoms with van der Waals surface area (Å²) in [6.45, 7) is 6.69. The van der Waals surface area contributed by atoms with Crippen molar-refractivity contribution in [2.45, 2.75) is 26.7 Å². The fourth-order valence-corrected chi connectivity index (χ4v) is 3.24. The summed E-state index contributed by atoms with van der Waals surface area (Å²) in [6.07, 6.45) is 3.76. The highest BCUT2D eigenvalue weighted by atomic mass is 127. The summed E-state index contributed by atoms with van der Waals surface area (Å²) in [5, 5.41) is 21.6. The number of para-hydroxylation sites is 2. The minimum Gasteiger partial charge on any atom is -0.378 e. The first-order chi connectivity index (χ1) is 13.1. The summed E-state index contributed by atoms with van der Waals surface area (Å²) in [4.78, 5) is 20.9. The van der Waals surface area contributed by atoms with E-state index in [1.54, 1.807) is 29.5 Å². The van der Waals surface area contributed by atoms with Gasteiger partial charge in [-0.05, 0) is 19.4 Å². The van der Waals surface area contributed by atoms with Crippen LogP contribution in [0.2, 0.25) is 0 Å². The zero-order valence-corrected chi connectivity index (χ0v) is 19.3. The molecule has 0 spiro atoms. The molecule has 0 aliphatic carbocycles. The van der Waals surface area contributed by atoms with E-state index in [9.17, 15) is 10.1 Å². The molecule has 0 amide bonds. The van der Waals surface area contributed by atoms with Crippen LogP contribution in [0.25, 0.3) is 0 Å². The van der Waals surface area contributed by atoms with Crippen molar-refractivity contribution in [3.63, 3.8) is 0 Å². The van der Waals surface area contributed by atoms with E-state index in [1.165, 1.54) is 10.9 Å². The average Bonchev–Trinajstić information content (AvgIpc) is 3.13. The van der Waals surface area contributed by atoms with Gasteiger partial charge in [-0.1, -0.05) is 19.1 Å². The molecule has 2 rings (SSSR count). The van der Waals surface area contributed by atoms with Gasteiger partial charge in [0.1, 0.15) is 5.69 Å². The van der Waals surface area contributed by atoms with Gasteiger partial charge in [-0.15, -0.1) is 35.3 Å². The summed E-state index contributed by atoms with van der Waals surface area (Å²) in [6, 6.07) is 6.63. The lowest BCUT2D eigenvalue weighted by atomic mass is 10.2. The molecule has 0 saturated heterocycles. The van der Waals surface area contributed by atoms with Gasteiger partial charge in [0, 0.05) is 49.7 Å². The number of aryl methyl sites for hydroxylation is 1. The average molecular weight is 518 g/mol. The fraction of sp³-hybridized carbons (Fsp3) is 0.444. The highest BCUT2D eigenvalue weighted by Crippen LogP contribution is 2.22. The number of nitrogens with zero attached hydrogens (tertiary/aromatic N) is 3. The number of nitro groups is 1. The molecule has 8 nitrogen and oxygen atoms in total. The number of anilines is 1. The molecule has 28 heavy (non-hydrogen) atoms. The van der Waals surface area contributed by atoms with Gasteiger partial charge >= 0.3 is 0 Å². The number of nitrogens with one attached hydrogen (secondary N) is 3. The molecule has 154 valence electrons. The minimum absolute atomic E-state index is 0. The van der Waals surface area contributed by atoms with Crippen LogP contribution in [-0.2, 0) is 12.8 Å². The van der Waals surface area contributed by atoms with Crippen molar-refractivity contribution in [3.05, 3.63) is 50.5 Å². The second kappa shape index (κ2) is 13.3. The molecule has 0 aliphatic rings. The van der Waals surface area contributed by atoms with Crippen molar-refractivity contribution < 1.29 is 4.92 Å². The summed E-state index contributed by atoms with van der Waals surface area (Å²) in [5.41, 5.74) is 0.592. The van der Waals surface area contributed by atoms with Crippen molar-refractivity contribution in [2.24, 2.45) is 4.99 Å². The number of hydrogen-bond acceptors (Lipinski definition) is 6. The standard InChI is InChI=1S/C18H26N6O2S.HI/c1-3-14-13-23-17(27-14)9-10-21-18(19-4-2)22-12-11-20-15-7-5-6-8-16(15)24(25)26;/h5-8,13,20H,3-4,9-12H2,1-2H3,(H2,19,21,22);1H. The van der Waals surface area contributed by atoms with Crippen molar-refractivity contribution in [3.8, 4) is 0 Å². The van der Waals surface area contributed by atoms with Crippen molar-refractivity contribution in [1.29, 1.82) is 0 Å². The van der Waals surface area contributed by atoms with Crippen LogP contribution in [0.5, 0.6) is 0 Å². The molecule has 3 N–H and O–H groups in total. The van der Waals surface area contributed by atoms with Gasteiger partial charge < -0.3 is 16.0 Å². The number of aliphatic imine (C=N–C) groups is 1. The van der Waals surface area contributed by atoms with Gasteiger partial charge in [-0.2, -0.15) is 0 Å². The summed E-state index contributed by atoms with van der Waals surface area (Å²) >= 11 is 1.73. The smallest absolute Gasteiger partial charge is 0.292 e. The lowest BCUT2D eigenvalue weighted by molar-refractivity contribution is -0.384. The fourth-order valence-electron chi connectivity index (χ4n) is 2.39. The van der Waals surface area contributed by atoms with E-state index in [4.69, 9.17) is 0 Å². The van der Waals surface area contributed by atoms with E-state index in [-0.39, 0.29) is 34.6 Å². The molecule has 0 aliphatic heterocycles. The van der Waals surface area contributed by atoms with Crippen LogP contribution in [-0.4, -0.2) is 42.0 Å². The number of thiazole rings is 1. The number of nitro benzene ring substituents is 1. The quantitative estimate of drug-likeness (QED) is 0.111. The van der Waals surface area contributed by atoms with Crippen LogP contribution in [0.3, 0.4) is 0 Å². The molecule has 0 bridgehead atoms. The van der Waals surface area contributed by atoms with Gasteiger partial charge in [-0.25, -0.2) is 4.98 Å². The molecule has 2 aromatic rings. The zero-order valence-electron chi connectivity index (χ0n) is 16.1. The highest BCUT2D eigenvalue weighted by molar-refractivity contribution is 14.0. The van der Waals surface area contributed by atoms with Crippen molar-refractivity contribution >= 4 is 52.6 Å². The Kier molecular flexibility index (Phi) is 11.4. The van der Waals surface area contributed by atoms with E-state index < -0.39 is 0 Å². The van der Waals surface area contributed by atoms with Gasteiger partial charge in [0.2, 0.25) is 0 Å². The zero-order chi connectivity index (χ0) is 19.5. The third kappa shape index (κ3) is 7.97. The third-order valence-corrected chi connectivity index (χ3v) is 4.92. The molecule has 1 aromatic carbocycles. The van der Waals surface area contributed by atoms with Crippen LogP contribution in [0.15, 0.2) is 35.5 Å². The highest BCUT2D eigenvalue weighted by Gasteiger charge is 2.11. The van der Waals surface area contributed by atoms with Gasteiger partial charge in [-0.3, -0.25) is 15.1 Å². The number of aromatic nitrogens is 1. The Balaban J connectivity index is 0.00000392. The first-order valence-electron chi connectivity index (χ1n) is 9.07. The maximum atomic E-state index is 11.0. The number of halogens is 1. The second-order valence-electron chi connectivity index (χ2n) is 5.71. The van der Waals surface area contributed by atoms with E-state index >= 15 is 0 Å². The lowest BCUT2D eigenvalue weighted by Crippen LogP contribution is -2.39. The lowest BCUT2D eigenvalue weighted by Gasteiger charge is -2.12. The molecular weight excluding hydrogens is 491 g/mol. The minimum atomic E-state index is -0.385. The van der Waals surface area contributed by atoms with E-state index in [1.807, 2.05) is 13.1 Å². The van der Waals surface area contributed by atoms with Crippen LogP contribution >= 0.6 is 35.3 Å². The monoisotopic (exact) mass is 518 g/mol. The SMILES string of the molecule is CCNC(=NCCc1ncc(CC)s1)NCCNc1ccccc1[N+](=O)[O-].I. The van der Waals surface area contributed by atoms with Gasteiger partial charge in [0.25, 0.3) is 5.69 Å². The predicted octanol–water partition coefficient (Wildman–Crippen LogP) is 3.44. The number of hydrogen-bond donors (Lipinski definition) is 3. The molecule has 0 fully saturated rings. The maximum Gasteiger partial charge on any atom is 0.292 e. The Bertz CT molecular complexity index is 768. The molecule has 10 heteroatoms. The number of guanidine groups is 1. The van der Waals surface area contributed by atoms with Crippen LogP contribution in [0.4, 0.5) is 11.4 Å². The van der Waals surface area contributed by atoms with Gasteiger partial charge in [0.15, 0.2) is 5.96 Å². The van der Waals surface area contributed by atoms with Gasteiger partial charge in [0.05, 0.1) is 9.93 Å². The Morgan fingerprint density at radius 1 is 1.25 bits per heavy atom. The Morgan fingerprint density at radius 3 is 2.71 bits per heavy atom. The van der Waals surface area contributed by atoms with E-state index in [0.717, 1.165) is 30.4 Å². The molecule has 0 unspecified atom stereocenters. The molecule has 1 aromatic heterocycles. The summed E-state index contributed by atoms with van der Waals surface area (Å²) in [5.74, 6) is 0.731. The summed E-state index contributed by atoms with van der Waals surface area (Å²) in [7, 11) is 0. The van der Waals surface area contributed by atoms with E-state index in [2.05, 4.69) is 32.9 Å². The van der Waals surface area contributed by atoms with Crippen LogP contribution in [0, 0.1) is 10.1 Å². The van der Waals surface area contributed by atoms with Crippen molar-refractivity contribution in [1.82, 2.24) is 15.6 Å². The molecule has 0 radical (unpaired) electrons. The topological polar surface area (TPSA) is 104 Å². The van der Waals surface area contributed by atoms with Crippen molar-refractivity contribution in [2.75, 3.05) is 31.5 Å². The first-order valence-corrected chi connectivity index (χ1v) is 9.88. The Morgan fingerprint density at radius 2 is 2.04 bits per heavy atom.